The predicted octanol–water partition coefficient (Wildman–Crippen LogP) is 3.08. The van der Waals surface area contributed by atoms with E-state index < -0.39 is 0 Å². The zero-order chi connectivity index (χ0) is 13.8. The summed E-state index contributed by atoms with van der Waals surface area (Å²) in [5, 5.41) is 9.65. The van der Waals surface area contributed by atoms with E-state index in [2.05, 4.69) is 16.0 Å². The first-order chi connectivity index (χ1) is 9.86. The molecule has 0 aliphatic heterocycles. The maximum Gasteiger partial charge on any atom is 0.224 e. The Balaban J connectivity index is 1.81. The lowest BCUT2D eigenvalue weighted by Crippen LogP contribution is -1.98. The Morgan fingerprint density at radius 2 is 1.80 bits per heavy atom. The lowest BCUT2D eigenvalue weighted by Gasteiger charge is -2.07. The standard InChI is InChI=1S/C16H11N3O/c17-9-12-5-7-13(8-6-12)10-20-16-14-3-1-2-4-15(14)18-11-19-16/h1-8,11H,10H2. The average molecular weight is 261 g/mol. The molecule has 0 aliphatic rings. The van der Waals surface area contributed by atoms with Crippen LogP contribution in [0.25, 0.3) is 10.9 Å². The normalized spacial score (nSPS) is 10.2. The molecule has 0 N–H and O–H groups in total. The minimum Gasteiger partial charge on any atom is -0.472 e. The van der Waals surface area contributed by atoms with Crippen LogP contribution in [-0.4, -0.2) is 9.97 Å². The van der Waals surface area contributed by atoms with E-state index >= 15 is 0 Å². The van der Waals surface area contributed by atoms with Crippen LogP contribution < -0.4 is 4.74 Å². The Bertz CT molecular complexity index is 770. The fourth-order valence-electron chi connectivity index (χ4n) is 1.92. The number of para-hydroxylation sites is 1. The molecule has 0 saturated carbocycles. The van der Waals surface area contributed by atoms with Crippen molar-refractivity contribution in [2.45, 2.75) is 6.61 Å². The molecule has 0 fully saturated rings. The van der Waals surface area contributed by atoms with Gasteiger partial charge in [-0.25, -0.2) is 9.97 Å². The van der Waals surface area contributed by atoms with Crippen molar-refractivity contribution in [1.29, 1.82) is 5.26 Å². The molecule has 0 bridgehead atoms. The molecule has 1 aromatic heterocycles. The summed E-state index contributed by atoms with van der Waals surface area (Å²) in [6, 6.07) is 17.1. The van der Waals surface area contributed by atoms with Crippen molar-refractivity contribution >= 4 is 10.9 Å². The number of ether oxygens (including phenoxy) is 1. The fraction of sp³-hybridized carbons (Fsp3) is 0.0625. The summed E-state index contributed by atoms with van der Waals surface area (Å²) in [4.78, 5) is 8.36. The van der Waals surface area contributed by atoms with Gasteiger partial charge in [-0.1, -0.05) is 24.3 Å². The van der Waals surface area contributed by atoms with Gasteiger partial charge in [0.25, 0.3) is 0 Å². The van der Waals surface area contributed by atoms with Crippen LogP contribution in [0.2, 0.25) is 0 Å². The van der Waals surface area contributed by atoms with Gasteiger partial charge in [0.2, 0.25) is 5.88 Å². The van der Waals surface area contributed by atoms with Gasteiger partial charge in [0, 0.05) is 0 Å². The molecule has 0 saturated heterocycles. The third-order valence-corrected chi connectivity index (χ3v) is 2.96. The van der Waals surface area contributed by atoms with Crippen LogP contribution in [0.15, 0.2) is 54.9 Å². The number of hydrogen-bond donors (Lipinski definition) is 0. The highest BCUT2D eigenvalue weighted by molar-refractivity contribution is 5.82. The van der Waals surface area contributed by atoms with Crippen LogP contribution >= 0.6 is 0 Å². The molecule has 0 amide bonds. The molecular formula is C16H11N3O. The first-order valence-corrected chi connectivity index (χ1v) is 6.18. The first-order valence-electron chi connectivity index (χ1n) is 6.18. The summed E-state index contributed by atoms with van der Waals surface area (Å²) in [7, 11) is 0. The molecule has 1 heterocycles. The van der Waals surface area contributed by atoms with Crippen LogP contribution in [-0.2, 0) is 6.61 Å². The Kier molecular flexibility index (Phi) is 3.25. The summed E-state index contributed by atoms with van der Waals surface area (Å²) in [5.74, 6) is 0.569. The summed E-state index contributed by atoms with van der Waals surface area (Å²) in [6.07, 6.45) is 1.50. The third-order valence-electron chi connectivity index (χ3n) is 2.96. The van der Waals surface area contributed by atoms with Gasteiger partial charge >= 0.3 is 0 Å². The third kappa shape index (κ3) is 2.43. The average Bonchev–Trinajstić information content (AvgIpc) is 2.53. The van der Waals surface area contributed by atoms with Gasteiger partial charge in [-0.05, 0) is 29.8 Å². The highest BCUT2D eigenvalue weighted by Gasteiger charge is 2.04. The molecule has 3 aromatic rings. The van der Waals surface area contributed by atoms with E-state index in [-0.39, 0.29) is 0 Å². The summed E-state index contributed by atoms with van der Waals surface area (Å²) in [6.45, 7) is 0.409. The molecule has 3 rings (SSSR count). The molecule has 4 heteroatoms. The number of nitriles is 1. The summed E-state index contributed by atoms with van der Waals surface area (Å²) >= 11 is 0. The molecule has 0 atom stereocenters. The highest BCUT2D eigenvalue weighted by Crippen LogP contribution is 2.21. The zero-order valence-electron chi connectivity index (χ0n) is 10.7. The molecule has 0 aliphatic carbocycles. The van der Waals surface area contributed by atoms with Crippen LogP contribution in [0.3, 0.4) is 0 Å². The molecule has 0 unspecified atom stereocenters. The van der Waals surface area contributed by atoms with Gasteiger partial charge in [0.05, 0.1) is 22.5 Å². The highest BCUT2D eigenvalue weighted by atomic mass is 16.5. The quantitative estimate of drug-likeness (QED) is 0.727. The second kappa shape index (κ2) is 5.37. The van der Waals surface area contributed by atoms with Gasteiger partial charge < -0.3 is 4.74 Å². The van der Waals surface area contributed by atoms with Crippen molar-refractivity contribution in [3.05, 3.63) is 66.0 Å². The maximum absolute atomic E-state index is 8.76. The Labute approximate surface area is 116 Å². The lowest BCUT2D eigenvalue weighted by atomic mass is 10.1. The van der Waals surface area contributed by atoms with Crippen molar-refractivity contribution < 1.29 is 4.74 Å². The molecule has 0 spiro atoms. The Morgan fingerprint density at radius 1 is 1.00 bits per heavy atom. The van der Waals surface area contributed by atoms with Crippen LogP contribution in [0, 0.1) is 11.3 Å². The van der Waals surface area contributed by atoms with E-state index in [0.29, 0.717) is 18.1 Å². The van der Waals surface area contributed by atoms with E-state index in [4.69, 9.17) is 10.00 Å². The second-order valence-corrected chi connectivity index (χ2v) is 4.29. The summed E-state index contributed by atoms with van der Waals surface area (Å²) < 4.78 is 5.74. The van der Waals surface area contributed by atoms with Gasteiger partial charge in [-0.2, -0.15) is 5.26 Å². The van der Waals surface area contributed by atoms with Crippen molar-refractivity contribution in [2.24, 2.45) is 0 Å². The maximum atomic E-state index is 8.76. The zero-order valence-corrected chi connectivity index (χ0v) is 10.7. The number of aromatic nitrogens is 2. The van der Waals surface area contributed by atoms with Gasteiger partial charge in [0.15, 0.2) is 0 Å². The summed E-state index contributed by atoms with van der Waals surface area (Å²) in [5.41, 5.74) is 2.49. The smallest absolute Gasteiger partial charge is 0.224 e. The molecule has 20 heavy (non-hydrogen) atoms. The second-order valence-electron chi connectivity index (χ2n) is 4.29. The Hall–Kier alpha value is -2.93. The van der Waals surface area contributed by atoms with Crippen molar-refractivity contribution in [3.63, 3.8) is 0 Å². The molecule has 2 aromatic carbocycles. The monoisotopic (exact) mass is 261 g/mol. The van der Waals surface area contributed by atoms with Crippen LogP contribution in [0.1, 0.15) is 11.1 Å². The molecule has 96 valence electrons. The van der Waals surface area contributed by atoms with E-state index in [1.807, 2.05) is 36.4 Å². The largest absolute Gasteiger partial charge is 0.472 e. The van der Waals surface area contributed by atoms with Crippen molar-refractivity contribution in [3.8, 4) is 11.9 Å². The first kappa shape index (κ1) is 12.1. The van der Waals surface area contributed by atoms with E-state index in [9.17, 15) is 0 Å². The molecule has 4 nitrogen and oxygen atoms in total. The molecule has 0 radical (unpaired) electrons. The van der Waals surface area contributed by atoms with Crippen molar-refractivity contribution in [1.82, 2.24) is 9.97 Å². The lowest BCUT2D eigenvalue weighted by molar-refractivity contribution is 0.297. The fourth-order valence-corrected chi connectivity index (χ4v) is 1.92. The minimum absolute atomic E-state index is 0.409. The number of rotatable bonds is 3. The van der Waals surface area contributed by atoms with E-state index in [0.717, 1.165) is 16.5 Å². The predicted molar refractivity (Wildman–Crippen MR) is 75.0 cm³/mol. The van der Waals surface area contributed by atoms with Crippen LogP contribution in [0.4, 0.5) is 0 Å². The topological polar surface area (TPSA) is 58.8 Å². The van der Waals surface area contributed by atoms with Gasteiger partial charge in [-0.3, -0.25) is 0 Å². The Morgan fingerprint density at radius 3 is 2.60 bits per heavy atom. The SMILES string of the molecule is N#Cc1ccc(COc2ncnc3ccccc23)cc1. The number of fused-ring (bicyclic) bond motifs is 1. The van der Waals surface area contributed by atoms with Crippen LogP contribution in [0.5, 0.6) is 5.88 Å². The van der Waals surface area contributed by atoms with E-state index in [1.165, 1.54) is 6.33 Å². The molecular weight excluding hydrogens is 250 g/mol. The van der Waals surface area contributed by atoms with Gasteiger partial charge in [-0.15, -0.1) is 0 Å². The number of hydrogen-bond acceptors (Lipinski definition) is 4. The number of nitrogens with zero attached hydrogens (tertiary/aromatic N) is 3. The number of benzene rings is 2. The van der Waals surface area contributed by atoms with E-state index in [1.54, 1.807) is 12.1 Å². The van der Waals surface area contributed by atoms with Gasteiger partial charge in [0.1, 0.15) is 12.9 Å². The minimum atomic E-state index is 0.409. The van der Waals surface area contributed by atoms with Crippen molar-refractivity contribution in [2.75, 3.05) is 0 Å².